The Balaban J connectivity index is 1.98. The Kier molecular flexibility index (Phi) is 2.60. The first-order chi connectivity index (χ1) is 10.2. The van der Waals surface area contributed by atoms with Crippen molar-refractivity contribution in [3.05, 3.63) is 41.0 Å². The van der Waals surface area contributed by atoms with Crippen molar-refractivity contribution in [1.29, 1.82) is 0 Å². The quantitative estimate of drug-likeness (QED) is 0.608. The molecule has 1 nitrogen and oxygen atoms in total. The molecule has 118 valence electrons. The van der Waals surface area contributed by atoms with Gasteiger partial charge in [-0.05, 0) is 42.2 Å². The molecule has 1 N–H and O–H groups in total. The van der Waals surface area contributed by atoms with Crippen LogP contribution in [0.2, 0.25) is 0 Å². The molecule has 1 aromatic carbocycles. The summed E-state index contributed by atoms with van der Waals surface area (Å²) in [7, 11) is 0. The van der Waals surface area contributed by atoms with Crippen molar-refractivity contribution in [2.45, 2.75) is 66.3 Å². The molecule has 0 bridgehead atoms. The van der Waals surface area contributed by atoms with Crippen molar-refractivity contribution in [2.75, 3.05) is 5.32 Å². The molecular weight excluding hydrogens is 266 g/mol. The second-order valence-electron chi connectivity index (χ2n) is 9.25. The third-order valence-electron chi connectivity index (χ3n) is 6.92. The van der Waals surface area contributed by atoms with E-state index in [4.69, 9.17) is 0 Å². The van der Waals surface area contributed by atoms with Gasteiger partial charge < -0.3 is 5.32 Å². The van der Waals surface area contributed by atoms with Gasteiger partial charge in [0.2, 0.25) is 0 Å². The molecule has 0 amide bonds. The van der Waals surface area contributed by atoms with Crippen LogP contribution < -0.4 is 5.32 Å². The van der Waals surface area contributed by atoms with E-state index in [1.165, 1.54) is 24.1 Å². The molecule has 1 heterocycles. The fourth-order valence-electron chi connectivity index (χ4n) is 5.93. The van der Waals surface area contributed by atoms with Crippen LogP contribution in [0.3, 0.4) is 0 Å². The summed E-state index contributed by atoms with van der Waals surface area (Å²) in [5.74, 6) is 0.662. The lowest BCUT2D eigenvalue weighted by molar-refractivity contribution is 0.126. The average Bonchev–Trinajstić information content (AvgIpc) is 2.63. The van der Waals surface area contributed by atoms with Gasteiger partial charge in [0.15, 0.2) is 0 Å². The lowest BCUT2D eigenvalue weighted by Gasteiger charge is -2.56. The average molecular weight is 295 g/mol. The SMILES string of the molecule is Cc1cccc2c1N[C@@H]1C(C)(C)C=C3C(C)(C)CC[C@@H]2[C@@]31C. The van der Waals surface area contributed by atoms with Crippen LogP contribution in [-0.2, 0) is 0 Å². The molecule has 1 aromatic rings. The minimum absolute atomic E-state index is 0.212. The summed E-state index contributed by atoms with van der Waals surface area (Å²) in [6.07, 6.45) is 5.22. The number of benzene rings is 1. The van der Waals surface area contributed by atoms with E-state index in [1.54, 1.807) is 11.1 Å². The zero-order valence-electron chi connectivity index (χ0n) is 14.9. The molecule has 0 radical (unpaired) electrons. The van der Waals surface area contributed by atoms with E-state index in [0.29, 0.717) is 17.4 Å². The highest BCUT2D eigenvalue weighted by molar-refractivity contribution is 5.65. The van der Waals surface area contributed by atoms with Gasteiger partial charge >= 0.3 is 0 Å². The molecule has 2 aliphatic carbocycles. The van der Waals surface area contributed by atoms with Crippen molar-refractivity contribution < 1.29 is 0 Å². The maximum atomic E-state index is 3.97. The molecule has 1 fully saturated rings. The van der Waals surface area contributed by atoms with E-state index < -0.39 is 0 Å². The van der Waals surface area contributed by atoms with E-state index in [2.05, 4.69) is 71.1 Å². The van der Waals surface area contributed by atoms with Gasteiger partial charge in [0, 0.05) is 22.6 Å². The second kappa shape index (κ2) is 3.99. The van der Waals surface area contributed by atoms with Crippen molar-refractivity contribution in [1.82, 2.24) is 0 Å². The Labute approximate surface area is 135 Å². The highest BCUT2D eigenvalue weighted by atomic mass is 15.0. The Morgan fingerprint density at radius 3 is 2.55 bits per heavy atom. The zero-order chi connectivity index (χ0) is 15.9. The lowest BCUT2D eigenvalue weighted by Crippen LogP contribution is -2.53. The summed E-state index contributed by atoms with van der Waals surface area (Å²) in [5, 5.41) is 3.97. The summed E-state index contributed by atoms with van der Waals surface area (Å²) < 4.78 is 0. The lowest BCUT2D eigenvalue weighted by atomic mass is 9.52. The molecule has 0 aromatic heterocycles. The number of aryl methyl sites for hydroxylation is 1. The molecule has 22 heavy (non-hydrogen) atoms. The third-order valence-corrected chi connectivity index (χ3v) is 6.92. The Bertz CT molecular complexity index is 679. The van der Waals surface area contributed by atoms with Gasteiger partial charge in [0.1, 0.15) is 0 Å². The molecule has 3 aliphatic rings. The van der Waals surface area contributed by atoms with Crippen LogP contribution in [0.1, 0.15) is 64.5 Å². The molecule has 1 heteroatoms. The van der Waals surface area contributed by atoms with Crippen LogP contribution in [-0.4, -0.2) is 6.04 Å². The van der Waals surface area contributed by atoms with Gasteiger partial charge in [-0.3, -0.25) is 0 Å². The third kappa shape index (κ3) is 1.55. The summed E-state index contributed by atoms with van der Waals surface area (Å²) in [5.41, 5.74) is 6.87. The minimum atomic E-state index is 0.212. The molecule has 0 unspecified atom stereocenters. The van der Waals surface area contributed by atoms with Gasteiger partial charge in [0.25, 0.3) is 0 Å². The van der Waals surface area contributed by atoms with Gasteiger partial charge in [-0.25, -0.2) is 0 Å². The Hall–Kier alpha value is -1.24. The predicted molar refractivity (Wildman–Crippen MR) is 94.3 cm³/mol. The number of anilines is 1. The van der Waals surface area contributed by atoms with Crippen LogP contribution in [0.4, 0.5) is 5.69 Å². The maximum Gasteiger partial charge on any atom is 0.0443 e. The fourth-order valence-corrected chi connectivity index (χ4v) is 5.93. The highest BCUT2D eigenvalue weighted by Gasteiger charge is 2.61. The van der Waals surface area contributed by atoms with Crippen molar-refractivity contribution in [2.24, 2.45) is 16.2 Å². The fraction of sp³-hybridized carbons (Fsp3) is 0.619. The zero-order valence-corrected chi connectivity index (χ0v) is 14.9. The van der Waals surface area contributed by atoms with E-state index in [0.717, 1.165) is 0 Å². The van der Waals surface area contributed by atoms with E-state index in [-0.39, 0.29) is 10.8 Å². The highest BCUT2D eigenvalue weighted by Crippen LogP contribution is 2.68. The normalized spacial score (nSPS) is 36.9. The van der Waals surface area contributed by atoms with Crippen molar-refractivity contribution in [3.63, 3.8) is 0 Å². The summed E-state index contributed by atoms with van der Waals surface area (Å²) >= 11 is 0. The standard InChI is InChI=1S/C21H29N/c1-13-8-7-9-14-15-10-11-19(2,3)16-12-20(4,5)18(21(15,16)6)22-17(13)14/h7-9,12,15,18,22H,10-11H2,1-6H3/t15-,18+,21-/m0/s1. The van der Waals surface area contributed by atoms with Gasteiger partial charge in [-0.1, -0.05) is 64.5 Å². The van der Waals surface area contributed by atoms with E-state index in [9.17, 15) is 0 Å². The number of rotatable bonds is 0. The first-order valence-corrected chi connectivity index (χ1v) is 8.78. The molecule has 4 rings (SSSR count). The van der Waals surface area contributed by atoms with E-state index in [1.807, 2.05) is 0 Å². The Morgan fingerprint density at radius 1 is 1.09 bits per heavy atom. The summed E-state index contributed by atoms with van der Waals surface area (Å²) in [6.45, 7) is 14.5. The van der Waals surface area contributed by atoms with Crippen LogP contribution in [0.5, 0.6) is 0 Å². The largest absolute Gasteiger partial charge is 0.380 e. The molecule has 0 spiro atoms. The van der Waals surface area contributed by atoms with Crippen molar-refractivity contribution >= 4 is 5.69 Å². The van der Waals surface area contributed by atoms with Crippen LogP contribution >= 0.6 is 0 Å². The van der Waals surface area contributed by atoms with Gasteiger partial charge in [-0.15, -0.1) is 0 Å². The van der Waals surface area contributed by atoms with Crippen LogP contribution in [0.15, 0.2) is 29.8 Å². The van der Waals surface area contributed by atoms with Crippen LogP contribution in [0.25, 0.3) is 0 Å². The summed E-state index contributed by atoms with van der Waals surface area (Å²) in [6, 6.07) is 7.36. The first-order valence-electron chi connectivity index (χ1n) is 8.78. The van der Waals surface area contributed by atoms with Gasteiger partial charge in [-0.2, -0.15) is 0 Å². The Morgan fingerprint density at radius 2 is 1.82 bits per heavy atom. The maximum absolute atomic E-state index is 3.97. The monoisotopic (exact) mass is 295 g/mol. The topological polar surface area (TPSA) is 12.0 Å². The molecular formula is C21H29N. The predicted octanol–water partition coefficient (Wildman–Crippen LogP) is 5.67. The number of fused-ring (bicyclic) bond motifs is 2. The number of hydrogen-bond donors (Lipinski definition) is 1. The summed E-state index contributed by atoms with van der Waals surface area (Å²) in [4.78, 5) is 0. The number of para-hydroxylation sites is 1. The molecule has 1 aliphatic heterocycles. The number of nitrogens with one attached hydrogen (secondary N) is 1. The molecule has 1 saturated carbocycles. The van der Waals surface area contributed by atoms with Crippen LogP contribution in [0, 0.1) is 23.2 Å². The van der Waals surface area contributed by atoms with Gasteiger partial charge in [0.05, 0.1) is 0 Å². The smallest absolute Gasteiger partial charge is 0.0443 e. The van der Waals surface area contributed by atoms with Crippen molar-refractivity contribution in [3.8, 4) is 0 Å². The minimum Gasteiger partial charge on any atom is -0.380 e. The van der Waals surface area contributed by atoms with E-state index >= 15 is 0 Å². The number of hydrogen-bond acceptors (Lipinski definition) is 1. The molecule has 0 saturated heterocycles. The second-order valence-corrected chi connectivity index (χ2v) is 9.25. The first kappa shape index (κ1) is 14.4. The molecule has 3 atom stereocenters.